The Labute approximate surface area is 107 Å². The maximum Gasteiger partial charge on any atom is 0.170 e. The molecule has 0 bridgehead atoms. The second-order valence-corrected chi connectivity index (χ2v) is 4.59. The van der Waals surface area contributed by atoms with E-state index in [2.05, 4.69) is 0 Å². The Balaban J connectivity index is 1.69. The van der Waals surface area contributed by atoms with Crippen LogP contribution in [0.2, 0.25) is 0 Å². The summed E-state index contributed by atoms with van der Waals surface area (Å²) in [5.41, 5.74) is 7.85. The summed E-state index contributed by atoms with van der Waals surface area (Å²) in [5, 5.41) is 18.7. The van der Waals surface area contributed by atoms with Crippen LogP contribution in [0.25, 0.3) is 0 Å². The first-order valence-corrected chi connectivity index (χ1v) is 6.11. The van der Waals surface area contributed by atoms with Crippen molar-refractivity contribution in [2.24, 2.45) is 11.7 Å². The van der Waals surface area contributed by atoms with Crippen molar-refractivity contribution >= 4 is 0 Å². The Kier molecular flexibility index (Phi) is 4.49. The quantitative estimate of drug-likeness (QED) is 0.493. The lowest BCUT2D eigenvalue weighted by molar-refractivity contribution is -0.123. The first kappa shape index (κ1) is 13.2. The van der Waals surface area contributed by atoms with Crippen molar-refractivity contribution in [3.05, 3.63) is 47.5 Å². The average Bonchev–Trinajstić information content (AvgIpc) is 3.15. The van der Waals surface area contributed by atoms with Crippen molar-refractivity contribution in [1.82, 2.24) is 0 Å². The lowest BCUT2D eigenvalue weighted by atomic mass is 10.1. The van der Waals surface area contributed by atoms with Gasteiger partial charge in [0.25, 0.3) is 0 Å². The minimum atomic E-state index is -0.973. The van der Waals surface area contributed by atoms with E-state index in [4.69, 9.17) is 15.6 Å². The van der Waals surface area contributed by atoms with Crippen molar-refractivity contribution in [1.29, 1.82) is 0 Å². The number of hydrogen-bond acceptors (Lipinski definition) is 4. The molecule has 1 aromatic rings. The largest absolute Gasteiger partial charge is 0.392 e. The van der Waals surface area contributed by atoms with Crippen LogP contribution in [0.4, 0.5) is 0 Å². The minimum absolute atomic E-state index is 0.0817. The maximum absolute atomic E-state index is 9.78. The van der Waals surface area contributed by atoms with E-state index in [0.29, 0.717) is 13.0 Å². The summed E-state index contributed by atoms with van der Waals surface area (Å²) in [5.74, 6) is 0.236. The molecule has 0 aromatic heterocycles. The highest BCUT2D eigenvalue weighted by Gasteiger charge is 2.28. The lowest BCUT2D eigenvalue weighted by Gasteiger charge is -2.19. The highest BCUT2D eigenvalue weighted by atomic mass is 16.6. The molecule has 0 radical (unpaired) electrons. The number of benzene rings is 1. The van der Waals surface area contributed by atoms with Crippen molar-refractivity contribution in [2.75, 3.05) is 6.61 Å². The van der Waals surface area contributed by atoms with E-state index in [1.165, 1.54) is 0 Å². The first-order valence-electron chi connectivity index (χ1n) is 6.11. The van der Waals surface area contributed by atoms with Gasteiger partial charge in [0.15, 0.2) is 6.29 Å². The monoisotopic (exact) mass is 249 g/mol. The van der Waals surface area contributed by atoms with Gasteiger partial charge in [-0.2, -0.15) is 0 Å². The lowest BCUT2D eigenvalue weighted by Crippen LogP contribution is -2.37. The molecular weight excluding hydrogens is 230 g/mol. The van der Waals surface area contributed by atoms with Crippen LogP contribution >= 0.6 is 0 Å². The SMILES string of the molecule is N[C@@H](C[C@@H]1C=C1CO)C(O)OCc1ccccc1. The van der Waals surface area contributed by atoms with Gasteiger partial charge in [-0.15, -0.1) is 0 Å². The molecule has 4 heteroatoms. The van der Waals surface area contributed by atoms with Gasteiger partial charge in [-0.05, 0) is 17.6 Å². The van der Waals surface area contributed by atoms with Crippen LogP contribution in [0.1, 0.15) is 12.0 Å². The molecule has 4 N–H and O–H groups in total. The number of hydrogen-bond donors (Lipinski definition) is 3. The van der Waals surface area contributed by atoms with Crippen molar-refractivity contribution in [3.63, 3.8) is 0 Å². The fourth-order valence-corrected chi connectivity index (χ4v) is 1.89. The Morgan fingerprint density at radius 1 is 1.28 bits per heavy atom. The number of aliphatic hydroxyl groups excluding tert-OH is 2. The van der Waals surface area contributed by atoms with Crippen LogP contribution in [0, 0.1) is 5.92 Å². The van der Waals surface area contributed by atoms with E-state index in [9.17, 15) is 5.11 Å². The molecule has 4 nitrogen and oxygen atoms in total. The Hall–Kier alpha value is -1.20. The third-order valence-corrected chi connectivity index (χ3v) is 3.12. The molecule has 0 heterocycles. The van der Waals surface area contributed by atoms with Crippen molar-refractivity contribution in [3.8, 4) is 0 Å². The van der Waals surface area contributed by atoms with Crippen LogP contribution in [-0.2, 0) is 11.3 Å². The summed E-state index contributed by atoms with van der Waals surface area (Å²) in [6.45, 7) is 0.430. The van der Waals surface area contributed by atoms with Gasteiger partial charge >= 0.3 is 0 Å². The first-order chi connectivity index (χ1) is 8.70. The fourth-order valence-electron chi connectivity index (χ4n) is 1.89. The van der Waals surface area contributed by atoms with E-state index in [-0.39, 0.29) is 12.5 Å². The zero-order valence-corrected chi connectivity index (χ0v) is 10.2. The van der Waals surface area contributed by atoms with Crippen LogP contribution in [0.3, 0.4) is 0 Å². The number of nitrogens with two attached hydrogens (primary N) is 1. The van der Waals surface area contributed by atoms with Crippen molar-refractivity contribution in [2.45, 2.75) is 25.4 Å². The highest BCUT2D eigenvalue weighted by molar-refractivity contribution is 5.29. The molecule has 1 unspecified atom stereocenters. The normalized spacial score (nSPS) is 21.3. The number of ether oxygens (including phenoxy) is 1. The van der Waals surface area contributed by atoms with Gasteiger partial charge in [-0.1, -0.05) is 36.4 Å². The molecule has 0 fully saturated rings. The van der Waals surface area contributed by atoms with Gasteiger partial charge in [0, 0.05) is 5.92 Å². The maximum atomic E-state index is 9.78. The fraction of sp³-hybridized carbons (Fsp3) is 0.429. The second-order valence-electron chi connectivity index (χ2n) is 4.59. The van der Waals surface area contributed by atoms with Gasteiger partial charge in [0.2, 0.25) is 0 Å². The van der Waals surface area contributed by atoms with Gasteiger partial charge in [0.05, 0.1) is 19.3 Å². The zero-order chi connectivity index (χ0) is 13.0. The van der Waals surface area contributed by atoms with Crippen LogP contribution in [0.15, 0.2) is 42.0 Å². The van der Waals surface area contributed by atoms with Gasteiger partial charge in [-0.3, -0.25) is 0 Å². The van der Waals surface area contributed by atoms with E-state index < -0.39 is 12.3 Å². The molecule has 0 saturated carbocycles. The molecule has 0 aliphatic heterocycles. The second kappa shape index (κ2) is 6.11. The molecular formula is C14H19NO3. The summed E-state index contributed by atoms with van der Waals surface area (Å²) in [4.78, 5) is 0. The van der Waals surface area contributed by atoms with Crippen molar-refractivity contribution < 1.29 is 14.9 Å². The smallest absolute Gasteiger partial charge is 0.170 e. The molecule has 2 rings (SSSR count). The molecule has 3 atom stereocenters. The standard InChI is InChI=1S/C14H19NO3/c15-13(7-11-6-12(11)8-16)14(17)18-9-10-4-2-1-3-5-10/h1-6,11,13-14,16-17H,7-9,15H2/t11-,13-,14?/m0/s1. The van der Waals surface area contributed by atoms with Gasteiger partial charge in [-0.25, -0.2) is 0 Å². The van der Waals surface area contributed by atoms with E-state index in [1.54, 1.807) is 0 Å². The molecule has 1 aliphatic carbocycles. The predicted molar refractivity (Wildman–Crippen MR) is 68.5 cm³/mol. The molecule has 0 amide bonds. The number of aliphatic hydroxyl groups is 2. The van der Waals surface area contributed by atoms with Gasteiger partial charge < -0.3 is 20.7 Å². The molecule has 1 aromatic carbocycles. The van der Waals surface area contributed by atoms with Crippen LogP contribution in [-0.4, -0.2) is 29.2 Å². The Morgan fingerprint density at radius 2 is 2.00 bits per heavy atom. The predicted octanol–water partition coefficient (Wildman–Crippen LogP) is 0.787. The molecule has 98 valence electrons. The summed E-state index contributed by atoms with van der Waals surface area (Å²) < 4.78 is 5.33. The molecule has 18 heavy (non-hydrogen) atoms. The molecule has 0 saturated heterocycles. The third kappa shape index (κ3) is 3.65. The number of allylic oxidation sites excluding steroid dienone is 1. The Morgan fingerprint density at radius 3 is 2.61 bits per heavy atom. The summed E-state index contributed by atoms with van der Waals surface area (Å²) in [6, 6.07) is 9.22. The topological polar surface area (TPSA) is 75.7 Å². The summed E-state index contributed by atoms with van der Waals surface area (Å²) in [7, 11) is 0. The third-order valence-electron chi connectivity index (χ3n) is 3.12. The highest BCUT2D eigenvalue weighted by Crippen LogP contribution is 2.32. The van der Waals surface area contributed by atoms with Crippen LogP contribution < -0.4 is 5.73 Å². The van der Waals surface area contributed by atoms with Crippen LogP contribution in [0.5, 0.6) is 0 Å². The average molecular weight is 249 g/mol. The van der Waals surface area contributed by atoms with Gasteiger partial charge in [0.1, 0.15) is 0 Å². The van der Waals surface area contributed by atoms with E-state index >= 15 is 0 Å². The van der Waals surface area contributed by atoms with E-state index in [0.717, 1.165) is 11.1 Å². The van der Waals surface area contributed by atoms with E-state index in [1.807, 2.05) is 36.4 Å². The summed E-state index contributed by atoms with van der Waals surface area (Å²) in [6.07, 6.45) is 1.61. The molecule has 0 spiro atoms. The Bertz CT molecular complexity index is 405. The molecule has 1 aliphatic rings. The zero-order valence-electron chi connectivity index (χ0n) is 10.2. The minimum Gasteiger partial charge on any atom is -0.392 e. The number of rotatable bonds is 7. The summed E-state index contributed by atoms with van der Waals surface area (Å²) >= 11 is 0.